The van der Waals surface area contributed by atoms with Gasteiger partial charge in [-0.05, 0) is 26.7 Å². The van der Waals surface area contributed by atoms with Gasteiger partial charge in [0, 0.05) is 5.92 Å². The van der Waals surface area contributed by atoms with Gasteiger partial charge >= 0.3 is 0 Å². The monoisotopic (exact) mass is 194 g/mol. The molecule has 0 radical (unpaired) electrons. The molecule has 0 nitrogen and oxygen atoms in total. The van der Waals surface area contributed by atoms with Gasteiger partial charge in [0.25, 0.3) is 5.92 Å². The van der Waals surface area contributed by atoms with Crippen LogP contribution in [-0.2, 0) is 0 Å². The molecule has 0 bridgehead atoms. The van der Waals surface area contributed by atoms with Crippen molar-refractivity contribution in [3.63, 3.8) is 0 Å². The summed E-state index contributed by atoms with van der Waals surface area (Å²) in [6, 6.07) is 0. The van der Waals surface area contributed by atoms with E-state index in [-0.39, 0.29) is 0 Å². The molecule has 13 heavy (non-hydrogen) atoms. The van der Waals surface area contributed by atoms with Crippen LogP contribution in [0.4, 0.5) is 13.2 Å². The molecule has 0 aromatic carbocycles. The Kier molecular flexibility index (Phi) is 2.93. The Balaban J connectivity index is 2.67. The Bertz CT molecular complexity index is 163. The summed E-state index contributed by atoms with van der Waals surface area (Å²) < 4.78 is 40.1. The Labute approximate surface area is 77.5 Å². The average Bonchev–Trinajstić information content (AvgIpc) is 2.04. The molecule has 0 saturated heterocycles. The molecule has 1 rings (SSSR count). The Morgan fingerprint density at radius 2 is 1.38 bits per heavy atom. The van der Waals surface area contributed by atoms with Crippen molar-refractivity contribution < 1.29 is 13.2 Å². The highest BCUT2D eigenvalue weighted by Crippen LogP contribution is 2.44. The zero-order chi connectivity index (χ0) is 10.1. The molecule has 1 aliphatic carbocycles. The van der Waals surface area contributed by atoms with Crippen molar-refractivity contribution in [3.05, 3.63) is 0 Å². The van der Waals surface area contributed by atoms with Crippen molar-refractivity contribution in [2.24, 2.45) is 5.92 Å². The van der Waals surface area contributed by atoms with E-state index in [4.69, 9.17) is 0 Å². The van der Waals surface area contributed by atoms with Crippen molar-refractivity contribution in [1.29, 1.82) is 0 Å². The predicted octanol–water partition coefficient (Wildman–Crippen LogP) is 3.95. The third-order valence-corrected chi connectivity index (χ3v) is 2.91. The fourth-order valence-electron chi connectivity index (χ4n) is 1.95. The summed E-state index contributed by atoms with van der Waals surface area (Å²) >= 11 is 0. The highest BCUT2D eigenvalue weighted by molar-refractivity contribution is 4.92. The molecule has 78 valence electrons. The van der Waals surface area contributed by atoms with Gasteiger partial charge in [0.05, 0.1) is 0 Å². The standard InChI is InChI=1S/C10H17F3/c1-9(2,11)10(12,13)8-6-4-3-5-7-8/h8H,3-7H2,1-2H3. The van der Waals surface area contributed by atoms with E-state index in [1.165, 1.54) is 0 Å². The van der Waals surface area contributed by atoms with E-state index >= 15 is 0 Å². The van der Waals surface area contributed by atoms with E-state index in [2.05, 4.69) is 0 Å². The minimum Gasteiger partial charge on any atom is -0.238 e. The van der Waals surface area contributed by atoms with Gasteiger partial charge in [-0.3, -0.25) is 0 Å². The van der Waals surface area contributed by atoms with E-state index in [1.54, 1.807) is 0 Å². The first kappa shape index (κ1) is 10.9. The molecule has 1 saturated carbocycles. The molecule has 3 heteroatoms. The molecular weight excluding hydrogens is 177 g/mol. The number of alkyl halides is 3. The molecule has 0 aromatic rings. The molecule has 1 aliphatic rings. The Morgan fingerprint density at radius 1 is 0.923 bits per heavy atom. The Morgan fingerprint density at radius 3 is 1.77 bits per heavy atom. The summed E-state index contributed by atoms with van der Waals surface area (Å²) in [4.78, 5) is 0. The lowest BCUT2D eigenvalue weighted by Gasteiger charge is -2.36. The van der Waals surface area contributed by atoms with Crippen LogP contribution >= 0.6 is 0 Å². The SMILES string of the molecule is CC(C)(F)C(F)(F)C1CCCCC1. The van der Waals surface area contributed by atoms with Gasteiger partial charge < -0.3 is 0 Å². The number of halogens is 3. The van der Waals surface area contributed by atoms with Crippen LogP contribution in [0.2, 0.25) is 0 Å². The minimum atomic E-state index is -3.16. The molecule has 1 fully saturated rings. The van der Waals surface area contributed by atoms with Crippen LogP contribution in [0, 0.1) is 5.92 Å². The fraction of sp³-hybridized carbons (Fsp3) is 1.00. The van der Waals surface area contributed by atoms with Crippen LogP contribution in [0.15, 0.2) is 0 Å². The van der Waals surface area contributed by atoms with E-state index in [0.29, 0.717) is 12.8 Å². The normalized spacial score (nSPS) is 21.9. The molecule has 0 spiro atoms. The topological polar surface area (TPSA) is 0 Å². The molecular formula is C10H17F3. The van der Waals surface area contributed by atoms with Gasteiger partial charge in [-0.15, -0.1) is 0 Å². The average molecular weight is 194 g/mol. The highest BCUT2D eigenvalue weighted by atomic mass is 19.3. The summed E-state index contributed by atoms with van der Waals surface area (Å²) in [6.07, 6.45) is 3.59. The van der Waals surface area contributed by atoms with Gasteiger partial charge in [0.1, 0.15) is 0 Å². The fourth-order valence-corrected chi connectivity index (χ4v) is 1.95. The number of rotatable bonds is 2. The smallest absolute Gasteiger partial charge is 0.238 e. The Hall–Kier alpha value is -0.210. The van der Waals surface area contributed by atoms with Gasteiger partial charge in [-0.25, -0.2) is 13.2 Å². The first-order valence-electron chi connectivity index (χ1n) is 4.92. The second kappa shape index (κ2) is 3.50. The molecule has 0 aromatic heterocycles. The third kappa shape index (κ3) is 2.18. The van der Waals surface area contributed by atoms with Crippen molar-refractivity contribution in [1.82, 2.24) is 0 Å². The maximum atomic E-state index is 13.4. The van der Waals surface area contributed by atoms with Crippen molar-refractivity contribution in [2.45, 2.75) is 57.5 Å². The number of hydrogen-bond donors (Lipinski definition) is 0. The zero-order valence-corrected chi connectivity index (χ0v) is 8.25. The van der Waals surface area contributed by atoms with Crippen molar-refractivity contribution in [2.75, 3.05) is 0 Å². The number of hydrogen-bond acceptors (Lipinski definition) is 0. The van der Waals surface area contributed by atoms with Gasteiger partial charge in [-0.1, -0.05) is 19.3 Å². The van der Waals surface area contributed by atoms with Gasteiger partial charge in [-0.2, -0.15) is 0 Å². The van der Waals surface area contributed by atoms with Crippen LogP contribution in [0.5, 0.6) is 0 Å². The molecule has 0 atom stereocenters. The summed E-state index contributed by atoms with van der Waals surface area (Å²) in [7, 11) is 0. The first-order chi connectivity index (χ1) is 5.86. The molecule has 0 aliphatic heterocycles. The largest absolute Gasteiger partial charge is 0.283 e. The van der Waals surface area contributed by atoms with Crippen molar-refractivity contribution >= 4 is 0 Å². The van der Waals surface area contributed by atoms with E-state index in [0.717, 1.165) is 33.1 Å². The van der Waals surface area contributed by atoms with Crippen LogP contribution in [-0.4, -0.2) is 11.6 Å². The van der Waals surface area contributed by atoms with E-state index in [9.17, 15) is 13.2 Å². The van der Waals surface area contributed by atoms with Gasteiger partial charge in [0.15, 0.2) is 5.67 Å². The zero-order valence-electron chi connectivity index (χ0n) is 8.25. The maximum absolute atomic E-state index is 13.4. The maximum Gasteiger partial charge on any atom is 0.283 e. The van der Waals surface area contributed by atoms with Crippen LogP contribution < -0.4 is 0 Å². The molecule has 0 N–H and O–H groups in total. The molecule has 0 heterocycles. The molecule has 0 amide bonds. The third-order valence-electron chi connectivity index (χ3n) is 2.91. The van der Waals surface area contributed by atoms with Gasteiger partial charge in [0.2, 0.25) is 0 Å². The lowest BCUT2D eigenvalue weighted by molar-refractivity contribution is -0.166. The second-order valence-corrected chi connectivity index (χ2v) is 4.43. The summed E-state index contributed by atoms with van der Waals surface area (Å²) in [5.41, 5.74) is -2.38. The molecule has 0 unspecified atom stereocenters. The predicted molar refractivity (Wildman–Crippen MR) is 46.7 cm³/mol. The summed E-state index contributed by atoms with van der Waals surface area (Å²) in [5, 5.41) is 0. The highest BCUT2D eigenvalue weighted by Gasteiger charge is 2.52. The summed E-state index contributed by atoms with van der Waals surface area (Å²) in [5.74, 6) is -3.91. The van der Waals surface area contributed by atoms with Crippen molar-refractivity contribution in [3.8, 4) is 0 Å². The lowest BCUT2D eigenvalue weighted by atomic mass is 9.79. The quantitative estimate of drug-likeness (QED) is 0.624. The van der Waals surface area contributed by atoms with E-state index < -0.39 is 17.5 Å². The van der Waals surface area contributed by atoms with E-state index in [1.807, 2.05) is 0 Å². The minimum absolute atomic E-state index is 0.473. The van der Waals surface area contributed by atoms with Crippen LogP contribution in [0.3, 0.4) is 0 Å². The van der Waals surface area contributed by atoms with Crippen LogP contribution in [0.1, 0.15) is 46.0 Å². The first-order valence-corrected chi connectivity index (χ1v) is 4.92. The second-order valence-electron chi connectivity index (χ2n) is 4.43. The summed E-state index contributed by atoms with van der Waals surface area (Å²) in [6.45, 7) is 1.95. The lowest BCUT2D eigenvalue weighted by Crippen LogP contribution is -2.45. The van der Waals surface area contributed by atoms with Crippen LogP contribution in [0.25, 0.3) is 0 Å².